The smallest absolute Gasteiger partial charge is 0.0109 e. The van der Waals surface area contributed by atoms with Crippen LogP contribution in [-0.4, -0.2) is 0 Å². The molecule has 3 unspecified atom stereocenters. The zero-order valence-corrected chi connectivity index (χ0v) is 12.5. The Bertz CT molecular complexity index is 381. The van der Waals surface area contributed by atoms with E-state index in [0.717, 1.165) is 17.8 Å². The first kappa shape index (κ1) is 13.6. The van der Waals surface area contributed by atoms with Gasteiger partial charge in [-0.05, 0) is 70.6 Å². The summed E-state index contributed by atoms with van der Waals surface area (Å²) in [5, 5.41) is 0. The Hall–Kier alpha value is -0.780. The number of hydrogen-bond donors (Lipinski definition) is 0. The molecule has 1 fully saturated rings. The third kappa shape index (κ3) is 2.96. The highest BCUT2D eigenvalue weighted by Gasteiger charge is 2.35. The van der Waals surface area contributed by atoms with Gasteiger partial charge in [0.2, 0.25) is 0 Å². The quantitative estimate of drug-likeness (QED) is 0.546. The fraction of sp³-hybridized carbons (Fsp3) is 0.667. The first-order valence-corrected chi connectivity index (χ1v) is 7.61. The second kappa shape index (κ2) is 5.91. The van der Waals surface area contributed by atoms with Gasteiger partial charge in [0.15, 0.2) is 0 Å². The van der Waals surface area contributed by atoms with Crippen molar-refractivity contribution in [1.82, 2.24) is 0 Å². The lowest BCUT2D eigenvalue weighted by atomic mass is 9.85. The normalized spacial score (nSPS) is 32.0. The molecular weight excluding hydrogens is 216 g/mol. The molecule has 0 spiro atoms. The van der Waals surface area contributed by atoms with Crippen LogP contribution in [0, 0.1) is 17.8 Å². The largest absolute Gasteiger partial charge is 0.0881 e. The van der Waals surface area contributed by atoms with Crippen LogP contribution in [-0.2, 0) is 0 Å². The minimum absolute atomic E-state index is 0.890. The summed E-state index contributed by atoms with van der Waals surface area (Å²) in [6.45, 7) is 9.06. The van der Waals surface area contributed by atoms with Crippen LogP contribution >= 0.6 is 0 Å². The summed E-state index contributed by atoms with van der Waals surface area (Å²) < 4.78 is 0. The lowest BCUT2D eigenvalue weighted by Gasteiger charge is -2.20. The van der Waals surface area contributed by atoms with Gasteiger partial charge in [0, 0.05) is 0 Å². The van der Waals surface area contributed by atoms with Gasteiger partial charge in [0.1, 0.15) is 0 Å². The molecule has 18 heavy (non-hydrogen) atoms. The van der Waals surface area contributed by atoms with Crippen molar-refractivity contribution in [2.24, 2.45) is 17.8 Å². The van der Waals surface area contributed by atoms with E-state index in [9.17, 15) is 0 Å². The SMILES string of the molecule is C/C=C(\C/C(C)=C(\C)CC)CC1CC2C=CC1C2. The highest BCUT2D eigenvalue weighted by molar-refractivity contribution is 5.20. The van der Waals surface area contributed by atoms with Crippen LogP contribution in [0.4, 0.5) is 0 Å². The van der Waals surface area contributed by atoms with Gasteiger partial charge in [-0.1, -0.05) is 41.9 Å². The molecule has 2 aliphatic carbocycles. The maximum atomic E-state index is 2.48. The lowest BCUT2D eigenvalue weighted by Crippen LogP contribution is -2.08. The zero-order chi connectivity index (χ0) is 13.1. The molecule has 0 N–H and O–H groups in total. The van der Waals surface area contributed by atoms with Crippen LogP contribution in [0.2, 0.25) is 0 Å². The number of allylic oxidation sites excluding steroid dienone is 6. The molecule has 0 nitrogen and oxygen atoms in total. The summed E-state index contributed by atoms with van der Waals surface area (Å²) in [7, 11) is 0. The molecule has 0 saturated heterocycles. The summed E-state index contributed by atoms with van der Waals surface area (Å²) in [6, 6.07) is 0. The van der Waals surface area contributed by atoms with E-state index in [2.05, 4.69) is 45.9 Å². The predicted molar refractivity (Wildman–Crippen MR) is 80.5 cm³/mol. The van der Waals surface area contributed by atoms with Crippen molar-refractivity contribution in [3.63, 3.8) is 0 Å². The lowest BCUT2D eigenvalue weighted by molar-refractivity contribution is 0.441. The fourth-order valence-corrected chi connectivity index (χ4v) is 3.55. The molecule has 2 bridgehead atoms. The topological polar surface area (TPSA) is 0 Å². The van der Waals surface area contributed by atoms with Gasteiger partial charge in [-0.2, -0.15) is 0 Å². The van der Waals surface area contributed by atoms with Gasteiger partial charge in [-0.3, -0.25) is 0 Å². The summed E-state index contributed by atoms with van der Waals surface area (Å²) >= 11 is 0. The molecular formula is C18H28. The molecule has 0 heterocycles. The van der Waals surface area contributed by atoms with Gasteiger partial charge < -0.3 is 0 Å². The average Bonchev–Trinajstić information content (AvgIpc) is 2.98. The molecule has 0 aromatic carbocycles. The molecule has 2 aliphatic rings. The average molecular weight is 244 g/mol. The van der Waals surface area contributed by atoms with E-state index < -0.39 is 0 Å². The minimum Gasteiger partial charge on any atom is -0.0881 e. The second-order valence-corrected chi connectivity index (χ2v) is 6.28. The molecule has 0 aromatic heterocycles. The van der Waals surface area contributed by atoms with Crippen LogP contribution in [0.3, 0.4) is 0 Å². The third-order valence-electron chi connectivity index (χ3n) is 5.10. The van der Waals surface area contributed by atoms with E-state index >= 15 is 0 Å². The Morgan fingerprint density at radius 1 is 1.17 bits per heavy atom. The van der Waals surface area contributed by atoms with E-state index in [-0.39, 0.29) is 0 Å². The van der Waals surface area contributed by atoms with Crippen molar-refractivity contribution in [3.05, 3.63) is 34.9 Å². The van der Waals surface area contributed by atoms with E-state index in [1.54, 1.807) is 16.7 Å². The summed E-state index contributed by atoms with van der Waals surface area (Å²) in [5.41, 5.74) is 4.82. The maximum Gasteiger partial charge on any atom is -0.0109 e. The first-order valence-electron chi connectivity index (χ1n) is 7.61. The fourth-order valence-electron chi connectivity index (χ4n) is 3.55. The van der Waals surface area contributed by atoms with Crippen molar-refractivity contribution >= 4 is 0 Å². The molecule has 0 aliphatic heterocycles. The summed E-state index contributed by atoms with van der Waals surface area (Å²) in [4.78, 5) is 0. The van der Waals surface area contributed by atoms with E-state index in [1.165, 1.54) is 32.1 Å². The minimum atomic E-state index is 0.890. The zero-order valence-electron chi connectivity index (χ0n) is 12.5. The van der Waals surface area contributed by atoms with Crippen molar-refractivity contribution in [3.8, 4) is 0 Å². The van der Waals surface area contributed by atoms with Crippen LogP contribution in [0.5, 0.6) is 0 Å². The van der Waals surface area contributed by atoms with Crippen LogP contribution < -0.4 is 0 Å². The predicted octanol–water partition coefficient (Wildman–Crippen LogP) is 5.67. The second-order valence-electron chi connectivity index (χ2n) is 6.28. The Kier molecular flexibility index (Phi) is 4.48. The van der Waals surface area contributed by atoms with Crippen LogP contribution in [0.25, 0.3) is 0 Å². The molecule has 3 atom stereocenters. The van der Waals surface area contributed by atoms with E-state index in [1.807, 2.05) is 0 Å². The van der Waals surface area contributed by atoms with Gasteiger partial charge in [-0.25, -0.2) is 0 Å². The number of hydrogen-bond acceptors (Lipinski definition) is 0. The first-order chi connectivity index (χ1) is 8.63. The molecule has 0 amide bonds. The number of rotatable bonds is 5. The van der Waals surface area contributed by atoms with Gasteiger partial charge >= 0.3 is 0 Å². The van der Waals surface area contributed by atoms with Gasteiger partial charge in [-0.15, -0.1) is 0 Å². The van der Waals surface area contributed by atoms with Crippen molar-refractivity contribution in [2.75, 3.05) is 0 Å². The monoisotopic (exact) mass is 244 g/mol. The van der Waals surface area contributed by atoms with Crippen LogP contribution in [0.1, 0.15) is 59.8 Å². The number of fused-ring (bicyclic) bond motifs is 2. The third-order valence-corrected chi connectivity index (χ3v) is 5.10. The van der Waals surface area contributed by atoms with Crippen LogP contribution in [0.15, 0.2) is 34.9 Å². The Morgan fingerprint density at radius 3 is 2.44 bits per heavy atom. The van der Waals surface area contributed by atoms with Crippen molar-refractivity contribution in [2.45, 2.75) is 59.8 Å². The highest BCUT2D eigenvalue weighted by atomic mass is 14.4. The Labute approximate surface area is 113 Å². The molecule has 100 valence electrons. The highest BCUT2D eigenvalue weighted by Crippen LogP contribution is 2.46. The molecule has 0 radical (unpaired) electrons. The molecule has 1 saturated carbocycles. The van der Waals surface area contributed by atoms with E-state index in [4.69, 9.17) is 0 Å². The van der Waals surface area contributed by atoms with Gasteiger partial charge in [0.05, 0.1) is 0 Å². The van der Waals surface area contributed by atoms with E-state index in [0.29, 0.717) is 0 Å². The summed E-state index contributed by atoms with van der Waals surface area (Å²) in [5.74, 6) is 2.73. The van der Waals surface area contributed by atoms with Gasteiger partial charge in [0.25, 0.3) is 0 Å². The molecule has 2 rings (SSSR count). The summed E-state index contributed by atoms with van der Waals surface area (Å²) in [6.07, 6.45) is 13.9. The maximum absolute atomic E-state index is 2.48. The Balaban J connectivity index is 1.93. The standard InChI is InChI=1S/C18H28/c1-5-13(3)14(4)9-15(6-2)10-18-12-16-7-8-17(18)11-16/h6-8,16-18H,5,9-12H2,1-4H3/b14-13+,15-6+. The molecule has 0 heteroatoms. The van der Waals surface area contributed by atoms with Crippen molar-refractivity contribution in [1.29, 1.82) is 0 Å². The molecule has 0 aromatic rings. The van der Waals surface area contributed by atoms with Crippen molar-refractivity contribution < 1.29 is 0 Å². The Morgan fingerprint density at radius 2 is 1.94 bits per heavy atom.